The van der Waals surface area contributed by atoms with Crippen LogP contribution in [0.15, 0.2) is 24.3 Å². The summed E-state index contributed by atoms with van der Waals surface area (Å²) < 4.78 is 0. The third-order valence-electron chi connectivity index (χ3n) is 4.33. The average molecular weight is 288 g/mol. The van der Waals surface area contributed by atoms with E-state index in [2.05, 4.69) is 50.4 Å². The van der Waals surface area contributed by atoms with Crippen LogP contribution in [0.3, 0.4) is 0 Å². The molecule has 0 aromatic heterocycles. The van der Waals surface area contributed by atoms with Crippen molar-refractivity contribution in [3.63, 3.8) is 0 Å². The summed E-state index contributed by atoms with van der Waals surface area (Å²) in [6.07, 6.45) is 5.41. The van der Waals surface area contributed by atoms with E-state index in [1.165, 1.54) is 11.1 Å². The number of hydrogen-bond acceptors (Lipinski definition) is 2. The number of amides is 1. The maximum Gasteiger partial charge on any atom is 0.241 e. The fourth-order valence-corrected chi connectivity index (χ4v) is 3.01. The number of nitrogens with zero attached hydrogens (tertiary/aromatic N) is 1. The SMILES string of the molecule is CCCCC1NC(c2ccccc2C)N(CCCC)C1=O. The largest absolute Gasteiger partial charge is 0.322 e. The lowest BCUT2D eigenvalue weighted by atomic mass is 10.1. The van der Waals surface area contributed by atoms with Gasteiger partial charge in [-0.1, -0.05) is 57.4 Å². The minimum absolute atomic E-state index is 0.00795. The second-order valence-electron chi connectivity index (χ2n) is 6.01. The van der Waals surface area contributed by atoms with Crippen molar-refractivity contribution in [2.45, 2.75) is 65.1 Å². The van der Waals surface area contributed by atoms with Gasteiger partial charge in [-0.15, -0.1) is 0 Å². The second-order valence-corrected chi connectivity index (χ2v) is 6.01. The van der Waals surface area contributed by atoms with Gasteiger partial charge in [-0.3, -0.25) is 10.1 Å². The van der Waals surface area contributed by atoms with E-state index in [1.807, 2.05) is 4.90 Å². The van der Waals surface area contributed by atoms with Gasteiger partial charge in [0, 0.05) is 6.54 Å². The van der Waals surface area contributed by atoms with Gasteiger partial charge in [-0.05, 0) is 30.9 Å². The van der Waals surface area contributed by atoms with Crippen LogP contribution < -0.4 is 5.32 Å². The molecule has 1 saturated heterocycles. The number of nitrogens with one attached hydrogen (secondary N) is 1. The molecule has 2 unspecified atom stereocenters. The molecule has 0 saturated carbocycles. The molecule has 21 heavy (non-hydrogen) atoms. The van der Waals surface area contributed by atoms with E-state index in [1.54, 1.807) is 0 Å². The Kier molecular flexibility index (Phi) is 5.80. The minimum atomic E-state index is -0.00795. The molecule has 1 amide bonds. The van der Waals surface area contributed by atoms with E-state index < -0.39 is 0 Å². The fraction of sp³-hybridized carbons (Fsp3) is 0.611. The Labute approximate surface area is 128 Å². The molecule has 1 heterocycles. The lowest BCUT2D eigenvalue weighted by molar-refractivity contribution is -0.130. The molecule has 0 radical (unpaired) electrons. The number of rotatable bonds is 7. The summed E-state index contributed by atoms with van der Waals surface area (Å²) in [4.78, 5) is 14.7. The van der Waals surface area contributed by atoms with Gasteiger partial charge in [0.05, 0.1) is 6.04 Å². The Hall–Kier alpha value is -1.35. The van der Waals surface area contributed by atoms with Crippen molar-refractivity contribution < 1.29 is 4.79 Å². The number of hydrogen-bond donors (Lipinski definition) is 1. The van der Waals surface area contributed by atoms with Gasteiger partial charge >= 0.3 is 0 Å². The Balaban J connectivity index is 2.20. The van der Waals surface area contributed by atoms with Crippen LogP contribution in [-0.4, -0.2) is 23.4 Å². The monoisotopic (exact) mass is 288 g/mol. The lowest BCUT2D eigenvalue weighted by Crippen LogP contribution is -2.32. The Bertz CT molecular complexity index is 472. The van der Waals surface area contributed by atoms with Crippen molar-refractivity contribution in [2.75, 3.05) is 6.54 Å². The van der Waals surface area contributed by atoms with Gasteiger partial charge in [0.1, 0.15) is 6.17 Å². The van der Waals surface area contributed by atoms with Crippen molar-refractivity contribution >= 4 is 5.91 Å². The normalized spacial score (nSPS) is 22.0. The zero-order valence-electron chi connectivity index (χ0n) is 13.6. The third-order valence-corrected chi connectivity index (χ3v) is 4.33. The third kappa shape index (κ3) is 3.65. The van der Waals surface area contributed by atoms with Crippen molar-refractivity contribution in [3.8, 4) is 0 Å². The molecule has 2 rings (SSSR count). The molecule has 116 valence electrons. The van der Waals surface area contributed by atoms with Crippen LogP contribution in [0.2, 0.25) is 0 Å². The maximum atomic E-state index is 12.7. The first-order chi connectivity index (χ1) is 10.2. The standard InChI is InChI=1S/C18H28N2O/c1-4-6-12-16-18(21)20(13-7-5-2)17(19-16)15-11-9-8-10-14(15)3/h8-11,16-17,19H,4-7,12-13H2,1-3H3. The van der Waals surface area contributed by atoms with Gasteiger partial charge in [0.2, 0.25) is 5.91 Å². The van der Waals surface area contributed by atoms with Crippen molar-refractivity contribution in [2.24, 2.45) is 0 Å². The second kappa shape index (κ2) is 7.60. The number of carbonyl (C=O) groups is 1. The van der Waals surface area contributed by atoms with E-state index in [4.69, 9.17) is 0 Å². The molecule has 1 aliphatic rings. The zero-order chi connectivity index (χ0) is 15.2. The van der Waals surface area contributed by atoms with Crippen LogP contribution in [0, 0.1) is 6.92 Å². The van der Waals surface area contributed by atoms with Gasteiger partial charge < -0.3 is 4.90 Å². The summed E-state index contributed by atoms with van der Waals surface area (Å²) in [5.74, 6) is 0.283. The van der Waals surface area contributed by atoms with Crippen molar-refractivity contribution in [3.05, 3.63) is 35.4 Å². The Morgan fingerprint density at radius 2 is 1.86 bits per heavy atom. The average Bonchev–Trinajstić information content (AvgIpc) is 2.80. The molecular weight excluding hydrogens is 260 g/mol. The Morgan fingerprint density at radius 3 is 2.52 bits per heavy atom. The Morgan fingerprint density at radius 1 is 1.14 bits per heavy atom. The summed E-state index contributed by atoms with van der Waals surface area (Å²) in [6, 6.07) is 8.37. The molecule has 1 aliphatic heterocycles. The number of aryl methyl sites for hydroxylation is 1. The van der Waals surface area contributed by atoms with Gasteiger partial charge in [0.25, 0.3) is 0 Å². The molecule has 2 atom stereocenters. The van der Waals surface area contributed by atoms with Crippen LogP contribution in [0.25, 0.3) is 0 Å². The highest BCUT2D eigenvalue weighted by Gasteiger charge is 2.38. The van der Waals surface area contributed by atoms with Gasteiger partial charge in [-0.25, -0.2) is 0 Å². The molecule has 0 aliphatic carbocycles. The van der Waals surface area contributed by atoms with Crippen molar-refractivity contribution in [1.82, 2.24) is 10.2 Å². The van der Waals surface area contributed by atoms with Crippen LogP contribution >= 0.6 is 0 Å². The van der Waals surface area contributed by atoms with Crippen LogP contribution in [0.1, 0.15) is 63.2 Å². The van der Waals surface area contributed by atoms with E-state index in [0.717, 1.165) is 38.6 Å². The first-order valence-corrected chi connectivity index (χ1v) is 8.31. The summed E-state index contributed by atoms with van der Waals surface area (Å²) in [7, 11) is 0. The number of benzene rings is 1. The highest BCUT2D eigenvalue weighted by atomic mass is 16.2. The predicted molar refractivity (Wildman–Crippen MR) is 87.0 cm³/mol. The first-order valence-electron chi connectivity index (χ1n) is 8.31. The quantitative estimate of drug-likeness (QED) is 0.828. The summed E-state index contributed by atoms with van der Waals surface area (Å²) >= 11 is 0. The lowest BCUT2D eigenvalue weighted by Gasteiger charge is -2.25. The molecule has 3 nitrogen and oxygen atoms in total. The molecular formula is C18H28N2O. The highest BCUT2D eigenvalue weighted by Crippen LogP contribution is 2.29. The predicted octanol–water partition coefficient (Wildman–Crippen LogP) is 3.78. The molecule has 1 aromatic rings. The van der Waals surface area contributed by atoms with E-state index in [-0.39, 0.29) is 18.1 Å². The van der Waals surface area contributed by atoms with Crippen LogP contribution in [0.4, 0.5) is 0 Å². The van der Waals surface area contributed by atoms with Gasteiger partial charge in [-0.2, -0.15) is 0 Å². The maximum absolute atomic E-state index is 12.7. The summed E-state index contributed by atoms with van der Waals surface area (Å²) in [6.45, 7) is 7.32. The molecule has 3 heteroatoms. The minimum Gasteiger partial charge on any atom is -0.322 e. The molecule has 0 spiro atoms. The van der Waals surface area contributed by atoms with E-state index in [0.29, 0.717) is 0 Å². The number of unbranched alkanes of at least 4 members (excludes halogenated alkanes) is 2. The van der Waals surface area contributed by atoms with Crippen LogP contribution in [-0.2, 0) is 4.79 Å². The van der Waals surface area contributed by atoms with Crippen molar-refractivity contribution in [1.29, 1.82) is 0 Å². The molecule has 1 N–H and O–H groups in total. The smallest absolute Gasteiger partial charge is 0.241 e. The van der Waals surface area contributed by atoms with Gasteiger partial charge in [0.15, 0.2) is 0 Å². The first kappa shape index (κ1) is 16.0. The summed E-state index contributed by atoms with van der Waals surface area (Å²) in [5, 5.41) is 3.57. The van der Waals surface area contributed by atoms with E-state index >= 15 is 0 Å². The molecule has 1 aromatic carbocycles. The summed E-state index contributed by atoms with van der Waals surface area (Å²) in [5.41, 5.74) is 2.49. The van der Waals surface area contributed by atoms with Crippen LogP contribution in [0.5, 0.6) is 0 Å². The number of carbonyl (C=O) groups excluding carboxylic acids is 1. The highest BCUT2D eigenvalue weighted by molar-refractivity contribution is 5.84. The van der Waals surface area contributed by atoms with E-state index in [9.17, 15) is 4.79 Å². The topological polar surface area (TPSA) is 32.3 Å². The molecule has 0 bridgehead atoms. The molecule has 1 fully saturated rings. The zero-order valence-corrected chi connectivity index (χ0v) is 13.6. The fourth-order valence-electron chi connectivity index (χ4n) is 3.01.